The number of nitrogens with one attached hydrogen (secondary N) is 1. The van der Waals surface area contributed by atoms with E-state index in [-0.39, 0.29) is 18.5 Å². The fourth-order valence-electron chi connectivity index (χ4n) is 5.02. The van der Waals surface area contributed by atoms with Crippen LogP contribution in [0.2, 0.25) is 0 Å². The summed E-state index contributed by atoms with van der Waals surface area (Å²) >= 11 is 1.64. The van der Waals surface area contributed by atoms with Gasteiger partial charge in [-0.15, -0.1) is 11.3 Å². The lowest BCUT2D eigenvalue weighted by molar-refractivity contribution is -0.132. The highest BCUT2D eigenvalue weighted by Crippen LogP contribution is 2.28. The van der Waals surface area contributed by atoms with E-state index in [4.69, 9.17) is 14.2 Å². The summed E-state index contributed by atoms with van der Waals surface area (Å²) in [5.41, 5.74) is 2.82. The molecule has 0 atom stereocenters. The molecule has 9 nitrogen and oxygen atoms in total. The maximum atomic E-state index is 13.9. The van der Waals surface area contributed by atoms with Crippen molar-refractivity contribution in [2.24, 2.45) is 0 Å². The van der Waals surface area contributed by atoms with Crippen molar-refractivity contribution in [3.05, 3.63) is 69.9 Å². The third kappa shape index (κ3) is 8.62. The molecule has 1 aliphatic heterocycles. The molecule has 0 spiro atoms. The second kappa shape index (κ2) is 15.5. The minimum Gasteiger partial charge on any atom is -0.497 e. The molecule has 42 heavy (non-hydrogen) atoms. The maximum Gasteiger partial charge on any atom is 0.322 e. The summed E-state index contributed by atoms with van der Waals surface area (Å²) in [4.78, 5) is 34.4. The number of carbonyl (C=O) groups excluding carboxylic acids is 2. The second-order valence-electron chi connectivity index (χ2n) is 10.4. The molecule has 0 radical (unpaired) electrons. The van der Waals surface area contributed by atoms with Gasteiger partial charge < -0.3 is 34.2 Å². The quantitative estimate of drug-likeness (QED) is 0.273. The molecule has 3 amide bonds. The van der Waals surface area contributed by atoms with Crippen molar-refractivity contribution in [1.82, 2.24) is 14.7 Å². The van der Waals surface area contributed by atoms with Gasteiger partial charge in [0.15, 0.2) is 11.5 Å². The number of hydrogen-bond donors (Lipinski definition) is 1. The van der Waals surface area contributed by atoms with Crippen molar-refractivity contribution >= 4 is 29.0 Å². The Morgan fingerprint density at radius 1 is 0.929 bits per heavy atom. The molecule has 1 saturated heterocycles. The monoisotopic (exact) mass is 594 g/mol. The smallest absolute Gasteiger partial charge is 0.322 e. The Hall–Kier alpha value is -3.76. The van der Waals surface area contributed by atoms with Crippen LogP contribution in [0.4, 0.5) is 10.5 Å². The molecule has 1 aliphatic rings. The number of carbonyl (C=O) groups is 2. The lowest BCUT2D eigenvalue weighted by Gasteiger charge is -2.29. The van der Waals surface area contributed by atoms with Gasteiger partial charge in [0.25, 0.3) is 0 Å². The highest BCUT2D eigenvalue weighted by molar-refractivity contribution is 7.10. The number of anilines is 1. The first-order valence-electron chi connectivity index (χ1n) is 14.3. The molecule has 0 aliphatic carbocycles. The van der Waals surface area contributed by atoms with Crippen LogP contribution in [-0.4, -0.2) is 87.2 Å². The van der Waals surface area contributed by atoms with Crippen LogP contribution in [-0.2, 0) is 17.8 Å². The predicted molar refractivity (Wildman–Crippen MR) is 167 cm³/mol. The third-order valence-corrected chi connectivity index (χ3v) is 8.60. The molecule has 0 bridgehead atoms. The number of aryl methyl sites for hydroxylation is 1. The number of ether oxygens (including phenoxy) is 3. The summed E-state index contributed by atoms with van der Waals surface area (Å²) in [7, 11) is 4.82. The Bertz CT molecular complexity index is 1320. The van der Waals surface area contributed by atoms with Gasteiger partial charge in [-0.05, 0) is 86.1 Å². The standard InChI is InChI=1S/C32H42N4O5S/c1-24-13-19-42-30(24)22-35(16-12-25-10-11-28(40-3)29(20-25)41-4)31(37)23-36(18-17-34-14-5-6-15-34)32(38)33-26-8-7-9-27(21-26)39-2/h7-11,13,19-21H,5-6,12,14-18,22-23H2,1-4H3,(H,33,38). The number of hydrogen-bond acceptors (Lipinski definition) is 7. The Kier molecular flexibility index (Phi) is 11.5. The van der Waals surface area contributed by atoms with Gasteiger partial charge in [0, 0.05) is 36.3 Å². The average Bonchev–Trinajstić information content (AvgIpc) is 3.68. The van der Waals surface area contributed by atoms with Crippen LogP contribution in [0.1, 0.15) is 28.8 Å². The fraction of sp³-hybridized carbons (Fsp3) is 0.438. The minimum absolute atomic E-state index is 0.0139. The van der Waals surface area contributed by atoms with Crippen LogP contribution in [0, 0.1) is 6.92 Å². The normalized spacial score (nSPS) is 13.0. The van der Waals surface area contributed by atoms with Crippen molar-refractivity contribution < 1.29 is 23.8 Å². The van der Waals surface area contributed by atoms with E-state index in [0.717, 1.165) is 35.6 Å². The van der Waals surface area contributed by atoms with E-state index in [9.17, 15) is 9.59 Å². The molecule has 226 valence electrons. The van der Waals surface area contributed by atoms with E-state index in [1.165, 1.54) is 12.8 Å². The second-order valence-corrected chi connectivity index (χ2v) is 11.4. The average molecular weight is 595 g/mol. The van der Waals surface area contributed by atoms with Crippen LogP contribution >= 0.6 is 11.3 Å². The Morgan fingerprint density at radius 2 is 1.71 bits per heavy atom. The highest BCUT2D eigenvalue weighted by Gasteiger charge is 2.24. The van der Waals surface area contributed by atoms with Gasteiger partial charge in [-0.2, -0.15) is 0 Å². The number of nitrogens with zero attached hydrogens (tertiary/aromatic N) is 3. The van der Waals surface area contributed by atoms with E-state index in [1.807, 2.05) is 46.7 Å². The van der Waals surface area contributed by atoms with Gasteiger partial charge >= 0.3 is 6.03 Å². The van der Waals surface area contributed by atoms with Crippen molar-refractivity contribution in [1.29, 1.82) is 0 Å². The van der Waals surface area contributed by atoms with Crippen LogP contribution in [0.5, 0.6) is 17.2 Å². The van der Waals surface area contributed by atoms with Crippen LogP contribution in [0.25, 0.3) is 0 Å². The predicted octanol–water partition coefficient (Wildman–Crippen LogP) is 5.28. The molecule has 1 aromatic heterocycles. The molecule has 0 unspecified atom stereocenters. The molecule has 3 aromatic rings. The van der Waals surface area contributed by atoms with Crippen LogP contribution in [0.3, 0.4) is 0 Å². The number of amides is 3. The van der Waals surface area contributed by atoms with E-state index in [0.29, 0.717) is 49.0 Å². The largest absolute Gasteiger partial charge is 0.497 e. The Morgan fingerprint density at radius 3 is 2.40 bits per heavy atom. The lowest BCUT2D eigenvalue weighted by atomic mass is 10.1. The zero-order valence-corrected chi connectivity index (χ0v) is 25.9. The summed E-state index contributed by atoms with van der Waals surface area (Å²) in [6.07, 6.45) is 2.97. The Labute approximate surface area is 253 Å². The van der Waals surface area contributed by atoms with Crippen molar-refractivity contribution in [3.63, 3.8) is 0 Å². The molecule has 4 rings (SSSR count). The van der Waals surface area contributed by atoms with Gasteiger partial charge in [-0.3, -0.25) is 4.79 Å². The topological polar surface area (TPSA) is 83.6 Å². The molecule has 10 heteroatoms. The fourth-order valence-corrected chi connectivity index (χ4v) is 5.94. The third-order valence-electron chi connectivity index (χ3n) is 7.59. The number of benzene rings is 2. The first kappa shape index (κ1) is 31.2. The van der Waals surface area contributed by atoms with Gasteiger partial charge in [0.1, 0.15) is 12.3 Å². The summed E-state index contributed by atoms with van der Waals surface area (Å²) in [5, 5.41) is 5.01. The minimum atomic E-state index is -0.303. The SMILES string of the molecule is COc1cccc(NC(=O)N(CCN2CCCC2)CC(=O)N(CCc2ccc(OC)c(OC)c2)Cc2sccc2C)c1. The molecule has 1 fully saturated rings. The zero-order chi connectivity index (χ0) is 29.9. The highest BCUT2D eigenvalue weighted by atomic mass is 32.1. The van der Waals surface area contributed by atoms with Crippen LogP contribution < -0.4 is 19.5 Å². The maximum absolute atomic E-state index is 13.9. The van der Waals surface area contributed by atoms with Gasteiger partial charge in [0.05, 0.1) is 27.9 Å². The van der Waals surface area contributed by atoms with Crippen LogP contribution in [0.15, 0.2) is 53.9 Å². The zero-order valence-electron chi connectivity index (χ0n) is 25.1. The van der Waals surface area contributed by atoms with E-state index in [1.54, 1.807) is 43.6 Å². The molecule has 1 N–H and O–H groups in total. The molecule has 0 saturated carbocycles. The molecular weight excluding hydrogens is 552 g/mol. The number of urea groups is 1. The lowest BCUT2D eigenvalue weighted by Crippen LogP contribution is -2.47. The van der Waals surface area contributed by atoms with Crippen molar-refractivity contribution in [2.75, 3.05) is 65.9 Å². The van der Waals surface area contributed by atoms with Crippen molar-refractivity contribution in [2.45, 2.75) is 32.7 Å². The molecule has 2 aromatic carbocycles. The number of methoxy groups -OCH3 is 3. The summed E-state index contributed by atoms with van der Waals surface area (Å²) in [6.45, 7) is 6.28. The number of thiophene rings is 1. The van der Waals surface area contributed by atoms with Crippen molar-refractivity contribution in [3.8, 4) is 17.2 Å². The first-order valence-corrected chi connectivity index (χ1v) is 15.2. The van der Waals surface area contributed by atoms with E-state index < -0.39 is 0 Å². The van der Waals surface area contributed by atoms with Gasteiger partial charge in [-0.25, -0.2) is 4.79 Å². The Balaban J connectivity index is 1.50. The van der Waals surface area contributed by atoms with E-state index in [2.05, 4.69) is 23.2 Å². The number of likely N-dealkylation sites (tertiary alicyclic amines) is 1. The molecular formula is C32H42N4O5S. The molecule has 2 heterocycles. The first-order chi connectivity index (χ1) is 20.4. The summed E-state index contributed by atoms with van der Waals surface area (Å²) in [6, 6.07) is 14.8. The van der Waals surface area contributed by atoms with Gasteiger partial charge in [0.2, 0.25) is 5.91 Å². The van der Waals surface area contributed by atoms with E-state index >= 15 is 0 Å². The number of rotatable bonds is 14. The van der Waals surface area contributed by atoms with Gasteiger partial charge in [-0.1, -0.05) is 12.1 Å². The summed E-state index contributed by atoms with van der Waals surface area (Å²) in [5.74, 6) is 1.88. The summed E-state index contributed by atoms with van der Waals surface area (Å²) < 4.78 is 16.2.